The molecule has 0 amide bonds. The number of hydrogen-bond donors (Lipinski definition) is 2. The summed E-state index contributed by atoms with van der Waals surface area (Å²) in [6.07, 6.45) is 2.42. The third-order valence-corrected chi connectivity index (χ3v) is 2.92. The molecular weight excluding hydrogens is 230 g/mol. The molecule has 18 heavy (non-hydrogen) atoms. The summed E-state index contributed by atoms with van der Waals surface area (Å²) >= 11 is 0. The van der Waals surface area contributed by atoms with Gasteiger partial charge in [-0.15, -0.1) is 5.10 Å². The molecule has 1 unspecified atom stereocenters. The number of nitrogens with zero attached hydrogens (tertiary/aromatic N) is 3. The summed E-state index contributed by atoms with van der Waals surface area (Å²) in [6, 6.07) is 7.82. The monoisotopic (exact) mass is 247 g/mol. The first kappa shape index (κ1) is 12.5. The lowest BCUT2D eigenvalue weighted by molar-refractivity contribution is 0.404. The summed E-state index contributed by atoms with van der Waals surface area (Å²) in [5.74, 6) is 6.47. The molecule has 3 N–H and O–H groups in total. The second-order valence-electron chi connectivity index (χ2n) is 4.02. The van der Waals surface area contributed by atoms with Gasteiger partial charge in [0.25, 0.3) is 0 Å². The first-order chi connectivity index (χ1) is 8.76. The van der Waals surface area contributed by atoms with Crippen molar-refractivity contribution < 1.29 is 4.74 Å². The van der Waals surface area contributed by atoms with Gasteiger partial charge in [0.15, 0.2) is 0 Å². The van der Waals surface area contributed by atoms with Crippen molar-refractivity contribution in [3.05, 3.63) is 41.7 Å². The Morgan fingerprint density at radius 1 is 1.44 bits per heavy atom. The van der Waals surface area contributed by atoms with Crippen molar-refractivity contribution in [1.29, 1.82) is 0 Å². The zero-order valence-corrected chi connectivity index (χ0v) is 10.5. The van der Waals surface area contributed by atoms with Crippen molar-refractivity contribution in [2.45, 2.75) is 12.5 Å². The van der Waals surface area contributed by atoms with E-state index in [2.05, 4.69) is 15.7 Å². The zero-order chi connectivity index (χ0) is 13.0. The van der Waals surface area contributed by atoms with E-state index in [9.17, 15) is 0 Å². The Morgan fingerprint density at radius 3 is 2.83 bits per heavy atom. The normalized spacial score (nSPS) is 12.4. The molecule has 0 saturated heterocycles. The minimum Gasteiger partial charge on any atom is -0.496 e. The molecule has 0 spiro atoms. The predicted molar refractivity (Wildman–Crippen MR) is 67.8 cm³/mol. The van der Waals surface area contributed by atoms with Gasteiger partial charge in [0.1, 0.15) is 5.75 Å². The van der Waals surface area contributed by atoms with Gasteiger partial charge >= 0.3 is 0 Å². The van der Waals surface area contributed by atoms with Crippen LogP contribution in [0.2, 0.25) is 0 Å². The van der Waals surface area contributed by atoms with Crippen LogP contribution in [0.1, 0.15) is 17.3 Å². The van der Waals surface area contributed by atoms with Gasteiger partial charge in [-0.2, -0.15) is 0 Å². The Morgan fingerprint density at radius 2 is 2.22 bits per heavy atom. The third-order valence-electron chi connectivity index (χ3n) is 2.92. The van der Waals surface area contributed by atoms with Gasteiger partial charge in [-0.05, 0) is 18.1 Å². The highest BCUT2D eigenvalue weighted by atomic mass is 16.5. The highest BCUT2D eigenvalue weighted by Crippen LogP contribution is 2.23. The van der Waals surface area contributed by atoms with Gasteiger partial charge in [-0.25, -0.2) is 0 Å². The summed E-state index contributed by atoms with van der Waals surface area (Å²) in [7, 11) is 3.50. The molecule has 0 bridgehead atoms. The van der Waals surface area contributed by atoms with Crippen molar-refractivity contribution in [2.24, 2.45) is 12.9 Å². The van der Waals surface area contributed by atoms with Crippen molar-refractivity contribution in [2.75, 3.05) is 7.11 Å². The molecule has 1 aromatic heterocycles. The molecule has 1 heterocycles. The first-order valence-electron chi connectivity index (χ1n) is 5.69. The van der Waals surface area contributed by atoms with Crippen LogP contribution >= 0.6 is 0 Å². The Balaban J connectivity index is 2.23. The van der Waals surface area contributed by atoms with Crippen LogP contribution in [0.5, 0.6) is 5.75 Å². The van der Waals surface area contributed by atoms with Crippen LogP contribution in [-0.4, -0.2) is 22.1 Å². The molecule has 0 fully saturated rings. The van der Waals surface area contributed by atoms with E-state index in [0.29, 0.717) is 6.42 Å². The van der Waals surface area contributed by atoms with Crippen molar-refractivity contribution in [3.63, 3.8) is 0 Å². The lowest BCUT2D eigenvalue weighted by Crippen LogP contribution is -2.31. The maximum absolute atomic E-state index is 5.61. The van der Waals surface area contributed by atoms with E-state index < -0.39 is 0 Å². The average Bonchev–Trinajstić information content (AvgIpc) is 2.82. The van der Waals surface area contributed by atoms with E-state index in [4.69, 9.17) is 10.6 Å². The molecular formula is C12H17N5O. The molecule has 1 aromatic carbocycles. The molecule has 6 heteroatoms. The number of aromatic nitrogens is 3. The number of methoxy groups -OCH3 is 1. The van der Waals surface area contributed by atoms with Gasteiger partial charge in [0, 0.05) is 7.05 Å². The topological polar surface area (TPSA) is 78.0 Å². The number of nitrogens with two attached hydrogens (primary N) is 1. The van der Waals surface area contributed by atoms with Crippen molar-refractivity contribution in [1.82, 2.24) is 20.4 Å². The van der Waals surface area contributed by atoms with Crippen LogP contribution in [0.25, 0.3) is 0 Å². The van der Waals surface area contributed by atoms with Gasteiger partial charge in [-0.3, -0.25) is 16.0 Å². The van der Waals surface area contributed by atoms with Crippen molar-refractivity contribution >= 4 is 0 Å². The third kappa shape index (κ3) is 2.49. The number of hydrazine groups is 1. The smallest absolute Gasteiger partial charge is 0.122 e. The van der Waals surface area contributed by atoms with E-state index >= 15 is 0 Å². The minimum absolute atomic E-state index is 0.0544. The Bertz CT molecular complexity index is 511. The maximum atomic E-state index is 5.61. The maximum Gasteiger partial charge on any atom is 0.122 e. The molecule has 2 aromatic rings. The van der Waals surface area contributed by atoms with E-state index in [1.807, 2.05) is 31.3 Å². The Labute approximate surface area is 106 Å². The number of benzene rings is 1. The average molecular weight is 247 g/mol. The van der Waals surface area contributed by atoms with Crippen LogP contribution in [0.3, 0.4) is 0 Å². The van der Waals surface area contributed by atoms with Crippen LogP contribution in [0.15, 0.2) is 30.5 Å². The number of ether oxygens (including phenoxy) is 1. The van der Waals surface area contributed by atoms with Crippen LogP contribution in [0, 0.1) is 0 Å². The molecule has 6 nitrogen and oxygen atoms in total. The van der Waals surface area contributed by atoms with Crippen LogP contribution in [-0.2, 0) is 13.5 Å². The molecule has 0 radical (unpaired) electrons. The second-order valence-corrected chi connectivity index (χ2v) is 4.02. The molecule has 0 saturated carbocycles. The summed E-state index contributed by atoms with van der Waals surface area (Å²) in [5.41, 5.74) is 4.81. The molecule has 0 aliphatic carbocycles. The van der Waals surface area contributed by atoms with E-state index in [-0.39, 0.29) is 6.04 Å². The SMILES string of the molecule is COc1ccccc1CC(NN)c1cnnn1C. The van der Waals surface area contributed by atoms with Crippen LogP contribution < -0.4 is 16.0 Å². The Kier molecular flexibility index (Phi) is 3.91. The van der Waals surface area contributed by atoms with E-state index in [1.54, 1.807) is 18.0 Å². The van der Waals surface area contributed by atoms with Gasteiger partial charge in [0.05, 0.1) is 25.0 Å². The van der Waals surface area contributed by atoms with Crippen LogP contribution in [0.4, 0.5) is 0 Å². The number of nitrogens with one attached hydrogen (secondary N) is 1. The minimum atomic E-state index is -0.0544. The Hall–Kier alpha value is -1.92. The number of aryl methyl sites for hydroxylation is 1. The fraction of sp³-hybridized carbons (Fsp3) is 0.333. The van der Waals surface area contributed by atoms with Gasteiger partial charge < -0.3 is 4.74 Å². The summed E-state index contributed by atoms with van der Waals surface area (Å²) in [5, 5.41) is 7.77. The first-order valence-corrected chi connectivity index (χ1v) is 5.69. The van der Waals surface area contributed by atoms with Crippen molar-refractivity contribution in [3.8, 4) is 5.75 Å². The largest absolute Gasteiger partial charge is 0.496 e. The molecule has 1 atom stereocenters. The summed E-state index contributed by atoms with van der Waals surface area (Å²) in [4.78, 5) is 0. The quantitative estimate of drug-likeness (QED) is 0.596. The van der Waals surface area contributed by atoms with E-state index in [0.717, 1.165) is 17.0 Å². The number of para-hydroxylation sites is 1. The molecule has 0 aliphatic heterocycles. The fourth-order valence-electron chi connectivity index (χ4n) is 1.95. The number of rotatable bonds is 5. The standard InChI is InChI=1S/C12H17N5O/c1-17-11(8-14-16-17)10(15-13)7-9-5-3-4-6-12(9)18-2/h3-6,8,10,15H,7,13H2,1-2H3. The molecule has 96 valence electrons. The molecule has 2 rings (SSSR count). The van der Waals surface area contributed by atoms with E-state index in [1.165, 1.54) is 0 Å². The molecule has 0 aliphatic rings. The summed E-state index contributed by atoms with van der Waals surface area (Å²) in [6.45, 7) is 0. The number of hydrogen-bond acceptors (Lipinski definition) is 5. The second kappa shape index (κ2) is 5.61. The summed E-state index contributed by atoms with van der Waals surface area (Å²) < 4.78 is 7.04. The lowest BCUT2D eigenvalue weighted by Gasteiger charge is -2.17. The zero-order valence-electron chi connectivity index (χ0n) is 10.5. The lowest BCUT2D eigenvalue weighted by atomic mass is 10.0. The highest BCUT2D eigenvalue weighted by Gasteiger charge is 2.16. The van der Waals surface area contributed by atoms with Gasteiger partial charge in [0.2, 0.25) is 0 Å². The van der Waals surface area contributed by atoms with Gasteiger partial charge in [-0.1, -0.05) is 23.4 Å². The predicted octanol–water partition coefficient (Wildman–Crippen LogP) is 0.571. The fourth-order valence-corrected chi connectivity index (χ4v) is 1.95. The highest BCUT2D eigenvalue weighted by molar-refractivity contribution is 5.34.